The van der Waals surface area contributed by atoms with Gasteiger partial charge in [-0.1, -0.05) is 12.1 Å². The number of carbonyl (C=O) groups is 1. The number of rotatable bonds is 8. The molecule has 2 atom stereocenters. The Morgan fingerprint density at radius 2 is 2.17 bits per heavy atom. The Hall–Kier alpha value is -2.00. The first-order chi connectivity index (χ1) is 13.9. The Labute approximate surface area is 174 Å². The summed E-state index contributed by atoms with van der Waals surface area (Å²) in [6.07, 6.45) is -0.714. The molecule has 1 aromatic heterocycles. The summed E-state index contributed by atoms with van der Waals surface area (Å²) in [5.41, 5.74) is 1.08. The monoisotopic (exact) mass is 421 g/mol. The normalized spacial score (nSPS) is 19.1. The van der Waals surface area contributed by atoms with Crippen molar-refractivity contribution in [3.8, 4) is 5.75 Å². The third-order valence-electron chi connectivity index (χ3n) is 5.04. The molecule has 2 N–H and O–H groups in total. The predicted molar refractivity (Wildman–Crippen MR) is 113 cm³/mol. The van der Waals surface area contributed by atoms with Crippen molar-refractivity contribution in [2.45, 2.75) is 26.0 Å². The van der Waals surface area contributed by atoms with Crippen LogP contribution in [0.15, 0.2) is 35.7 Å². The van der Waals surface area contributed by atoms with Gasteiger partial charge in [0.25, 0.3) is 0 Å². The second-order valence-corrected chi connectivity index (χ2v) is 8.37. The SMILES string of the molecule is Cc1ccsc1NC(=O)CN1CCN(C[C@H](O)COc2ccccc2F)[C@@H](C)C1. The maximum atomic E-state index is 13.6. The van der Waals surface area contributed by atoms with Gasteiger partial charge in [0.05, 0.1) is 11.5 Å². The first kappa shape index (κ1) is 21.7. The highest BCUT2D eigenvalue weighted by atomic mass is 32.1. The van der Waals surface area contributed by atoms with Gasteiger partial charge in [-0.2, -0.15) is 0 Å². The molecule has 3 rings (SSSR count). The number of benzene rings is 1. The summed E-state index contributed by atoms with van der Waals surface area (Å²) >= 11 is 1.53. The molecular formula is C21H28FN3O3S. The van der Waals surface area contributed by atoms with Gasteiger partial charge in [0, 0.05) is 32.2 Å². The van der Waals surface area contributed by atoms with E-state index in [1.807, 2.05) is 18.4 Å². The molecule has 2 heterocycles. The molecule has 29 heavy (non-hydrogen) atoms. The number of β-amino-alcohol motifs (C(OH)–C–C–N with tert-alkyl or cyclic N) is 1. The fourth-order valence-corrected chi connectivity index (χ4v) is 4.26. The third kappa shape index (κ3) is 6.24. The number of carbonyl (C=O) groups excluding carboxylic acids is 1. The van der Waals surface area contributed by atoms with Crippen molar-refractivity contribution in [2.24, 2.45) is 0 Å². The lowest BCUT2D eigenvalue weighted by atomic mass is 10.1. The molecule has 0 unspecified atom stereocenters. The van der Waals surface area contributed by atoms with E-state index in [9.17, 15) is 14.3 Å². The number of aryl methyl sites for hydroxylation is 1. The Morgan fingerprint density at radius 3 is 2.86 bits per heavy atom. The van der Waals surface area contributed by atoms with Crippen LogP contribution in [0.5, 0.6) is 5.75 Å². The van der Waals surface area contributed by atoms with Crippen LogP contribution in [-0.4, -0.2) is 72.3 Å². The van der Waals surface area contributed by atoms with Crippen LogP contribution >= 0.6 is 11.3 Å². The third-order valence-corrected chi connectivity index (χ3v) is 5.98. The lowest BCUT2D eigenvalue weighted by Gasteiger charge is -2.40. The number of para-hydroxylation sites is 1. The van der Waals surface area contributed by atoms with Crippen molar-refractivity contribution in [1.82, 2.24) is 9.80 Å². The summed E-state index contributed by atoms with van der Waals surface area (Å²) in [4.78, 5) is 16.6. The number of ether oxygens (including phenoxy) is 1. The molecule has 1 aromatic carbocycles. The number of piperazine rings is 1. The quantitative estimate of drug-likeness (QED) is 0.686. The molecule has 8 heteroatoms. The molecular weight excluding hydrogens is 393 g/mol. The number of anilines is 1. The number of halogens is 1. The summed E-state index contributed by atoms with van der Waals surface area (Å²) in [6, 6.07) is 8.36. The van der Waals surface area contributed by atoms with Crippen molar-refractivity contribution in [2.75, 3.05) is 44.6 Å². The summed E-state index contributed by atoms with van der Waals surface area (Å²) in [5, 5.41) is 16.1. The predicted octanol–water partition coefficient (Wildman–Crippen LogP) is 2.58. The van der Waals surface area contributed by atoms with E-state index in [0.29, 0.717) is 13.1 Å². The summed E-state index contributed by atoms with van der Waals surface area (Å²) in [5.74, 6) is -0.288. The van der Waals surface area contributed by atoms with Crippen LogP contribution < -0.4 is 10.1 Å². The zero-order valence-electron chi connectivity index (χ0n) is 16.8. The number of thiophene rings is 1. The fourth-order valence-electron chi connectivity index (χ4n) is 3.43. The second kappa shape index (κ2) is 10.2. The van der Waals surface area contributed by atoms with E-state index in [-0.39, 0.29) is 24.3 Å². The van der Waals surface area contributed by atoms with Crippen molar-refractivity contribution >= 4 is 22.2 Å². The van der Waals surface area contributed by atoms with E-state index in [2.05, 4.69) is 22.0 Å². The highest BCUT2D eigenvalue weighted by Gasteiger charge is 2.26. The molecule has 0 radical (unpaired) electrons. The number of hydrogen-bond donors (Lipinski definition) is 2. The number of nitrogens with zero attached hydrogens (tertiary/aromatic N) is 2. The average Bonchev–Trinajstić information content (AvgIpc) is 3.08. The molecule has 0 bridgehead atoms. The molecule has 1 saturated heterocycles. The molecule has 2 aromatic rings. The van der Waals surface area contributed by atoms with Crippen LogP contribution in [0.4, 0.5) is 9.39 Å². The van der Waals surface area contributed by atoms with Gasteiger partial charge in [-0.05, 0) is 43.0 Å². The van der Waals surface area contributed by atoms with E-state index < -0.39 is 11.9 Å². The van der Waals surface area contributed by atoms with Crippen LogP contribution in [-0.2, 0) is 4.79 Å². The van der Waals surface area contributed by atoms with Crippen molar-refractivity contribution in [3.05, 3.63) is 47.1 Å². The topological polar surface area (TPSA) is 65.0 Å². The van der Waals surface area contributed by atoms with E-state index in [1.165, 1.54) is 17.4 Å². The van der Waals surface area contributed by atoms with Crippen molar-refractivity contribution in [3.63, 3.8) is 0 Å². The lowest BCUT2D eigenvalue weighted by molar-refractivity contribution is -0.118. The number of aliphatic hydroxyl groups is 1. The molecule has 1 aliphatic heterocycles. The highest BCUT2D eigenvalue weighted by molar-refractivity contribution is 7.14. The van der Waals surface area contributed by atoms with Crippen LogP contribution in [0.2, 0.25) is 0 Å². The first-order valence-corrected chi connectivity index (χ1v) is 10.7. The zero-order valence-corrected chi connectivity index (χ0v) is 17.6. The molecule has 1 fully saturated rings. The Bertz CT molecular complexity index is 816. The molecule has 0 spiro atoms. The van der Waals surface area contributed by atoms with Gasteiger partial charge in [-0.3, -0.25) is 14.6 Å². The molecule has 0 aliphatic carbocycles. The summed E-state index contributed by atoms with van der Waals surface area (Å²) < 4.78 is 19.0. The Balaban J connectivity index is 1.40. The molecule has 158 valence electrons. The Morgan fingerprint density at radius 1 is 1.38 bits per heavy atom. The Kier molecular flexibility index (Phi) is 7.60. The minimum absolute atomic E-state index is 0.00507. The molecule has 0 saturated carbocycles. The number of hydrogen-bond acceptors (Lipinski definition) is 6. The van der Waals surface area contributed by atoms with Crippen LogP contribution in [0.1, 0.15) is 12.5 Å². The number of nitrogens with one attached hydrogen (secondary N) is 1. The van der Waals surface area contributed by atoms with Gasteiger partial charge >= 0.3 is 0 Å². The van der Waals surface area contributed by atoms with E-state index >= 15 is 0 Å². The van der Waals surface area contributed by atoms with Crippen LogP contribution in [0.25, 0.3) is 0 Å². The highest BCUT2D eigenvalue weighted by Crippen LogP contribution is 2.22. The molecule has 1 amide bonds. The standard InChI is InChI=1S/C21H28FN3O3S/c1-15-7-10-29-21(15)23-20(27)13-24-8-9-25(16(2)11-24)12-17(26)14-28-19-6-4-3-5-18(19)22/h3-7,10,16-17,26H,8-9,11-14H2,1-2H3,(H,23,27)/t16-,17-/m0/s1. The van der Waals surface area contributed by atoms with Crippen LogP contribution in [0, 0.1) is 12.7 Å². The smallest absolute Gasteiger partial charge is 0.239 e. The fraction of sp³-hybridized carbons (Fsp3) is 0.476. The van der Waals surface area contributed by atoms with Crippen LogP contribution in [0.3, 0.4) is 0 Å². The number of amides is 1. The molecule has 1 aliphatic rings. The molecule has 6 nitrogen and oxygen atoms in total. The second-order valence-electron chi connectivity index (χ2n) is 7.46. The maximum Gasteiger partial charge on any atom is 0.239 e. The van der Waals surface area contributed by atoms with Crippen molar-refractivity contribution in [1.29, 1.82) is 0 Å². The average molecular weight is 422 g/mol. The minimum atomic E-state index is -0.714. The maximum absolute atomic E-state index is 13.6. The van der Waals surface area contributed by atoms with E-state index in [1.54, 1.807) is 18.2 Å². The first-order valence-electron chi connectivity index (χ1n) is 9.78. The van der Waals surface area contributed by atoms with Gasteiger partial charge in [0.15, 0.2) is 11.6 Å². The largest absolute Gasteiger partial charge is 0.488 e. The van der Waals surface area contributed by atoms with Gasteiger partial charge in [0.2, 0.25) is 5.91 Å². The van der Waals surface area contributed by atoms with Gasteiger partial charge in [-0.15, -0.1) is 11.3 Å². The minimum Gasteiger partial charge on any atom is -0.488 e. The summed E-state index contributed by atoms with van der Waals surface area (Å²) in [7, 11) is 0. The van der Waals surface area contributed by atoms with Gasteiger partial charge in [0.1, 0.15) is 12.7 Å². The van der Waals surface area contributed by atoms with Crippen molar-refractivity contribution < 1.29 is 19.0 Å². The lowest BCUT2D eigenvalue weighted by Crippen LogP contribution is -2.55. The van der Waals surface area contributed by atoms with Gasteiger partial charge in [-0.25, -0.2) is 4.39 Å². The van der Waals surface area contributed by atoms with E-state index in [0.717, 1.165) is 30.2 Å². The number of aliphatic hydroxyl groups excluding tert-OH is 1. The van der Waals surface area contributed by atoms with Gasteiger partial charge < -0.3 is 15.2 Å². The van der Waals surface area contributed by atoms with E-state index in [4.69, 9.17) is 4.74 Å². The summed E-state index contributed by atoms with van der Waals surface area (Å²) in [6.45, 7) is 7.16. The zero-order chi connectivity index (χ0) is 20.8.